The van der Waals surface area contributed by atoms with Crippen LogP contribution in [0.15, 0.2) is 0 Å². The van der Waals surface area contributed by atoms with Gasteiger partial charge in [-0.1, -0.05) is 0 Å². The van der Waals surface area contributed by atoms with Crippen LogP contribution in [-0.2, 0) is 9.53 Å². The second kappa shape index (κ2) is 4.81. The molecule has 1 rings (SSSR count). The second-order valence-corrected chi connectivity index (χ2v) is 4.22. The number of alkyl halides is 3. The van der Waals surface area contributed by atoms with E-state index in [-0.39, 0.29) is 19.6 Å². The number of rotatable bonds is 3. The third kappa shape index (κ3) is 2.71. The van der Waals surface area contributed by atoms with Crippen molar-refractivity contribution in [3.8, 4) is 0 Å². The van der Waals surface area contributed by atoms with Gasteiger partial charge in [-0.2, -0.15) is 13.2 Å². The third-order valence-corrected chi connectivity index (χ3v) is 2.87. The van der Waals surface area contributed by atoms with Crippen LogP contribution in [0, 0.1) is 0 Å². The van der Waals surface area contributed by atoms with E-state index in [0.717, 1.165) is 4.90 Å². The lowest BCUT2D eigenvalue weighted by Gasteiger charge is -2.31. The van der Waals surface area contributed by atoms with Crippen molar-refractivity contribution < 1.29 is 22.7 Å². The highest BCUT2D eigenvalue weighted by Gasteiger charge is 2.59. The number of ether oxygens (including phenoxy) is 1. The van der Waals surface area contributed by atoms with Crippen LogP contribution in [0.3, 0.4) is 0 Å². The molecule has 0 spiro atoms. The smallest absolute Gasteiger partial charge is 0.364 e. The fraction of sp³-hybridized carbons (Fsp3) is 0.900. The first-order chi connectivity index (χ1) is 7.73. The van der Waals surface area contributed by atoms with Crippen LogP contribution in [0.2, 0.25) is 0 Å². The first-order valence-corrected chi connectivity index (χ1v) is 5.48. The standard InChI is InChI=1S/C10H17F3N2O2/c1-3-17-9(10(11,12)13)4-5-15(6-9)8(16)7(2)14/h7H,3-6,14H2,1-2H3/t7-,9+/m0/s1. The zero-order valence-electron chi connectivity index (χ0n) is 9.88. The van der Waals surface area contributed by atoms with Crippen LogP contribution in [0.4, 0.5) is 13.2 Å². The molecule has 1 saturated heterocycles. The SMILES string of the molecule is CCO[C@]1(C(F)(F)F)CCN(C(=O)[C@H](C)N)C1. The molecule has 0 unspecified atom stereocenters. The summed E-state index contributed by atoms with van der Waals surface area (Å²) < 4.78 is 43.7. The number of nitrogens with zero attached hydrogens (tertiary/aromatic N) is 1. The molecule has 1 aliphatic heterocycles. The van der Waals surface area contributed by atoms with E-state index >= 15 is 0 Å². The van der Waals surface area contributed by atoms with Crippen molar-refractivity contribution in [3.63, 3.8) is 0 Å². The Labute approximate surface area is 97.9 Å². The van der Waals surface area contributed by atoms with Crippen LogP contribution in [0.1, 0.15) is 20.3 Å². The molecule has 100 valence electrons. The molecule has 0 aromatic rings. The van der Waals surface area contributed by atoms with Crippen LogP contribution in [0.5, 0.6) is 0 Å². The fourth-order valence-corrected chi connectivity index (χ4v) is 1.97. The average Bonchev–Trinajstić information content (AvgIpc) is 2.62. The molecular formula is C10H17F3N2O2. The molecule has 0 aromatic heterocycles. The lowest BCUT2D eigenvalue weighted by molar-refractivity contribution is -0.270. The van der Waals surface area contributed by atoms with Crippen molar-refractivity contribution >= 4 is 5.91 Å². The lowest BCUT2D eigenvalue weighted by atomic mass is 10.0. The summed E-state index contributed by atoms with van der Waals surface area (Å²) in [6.07, 6.45) is -4.71. The first-order valence-electron chi connectivity index (χ1n) is 5.48. The first kappa shape index (κ1) is 14.2. The number of hydrogen-bond donors (Lipinski definition) is 1. The predicted molar refractivity (Wildman–Crippen MR) is 55.3 cm³/mol. The molecule has 17 heavy (non-hydrogen) atoms. The molecule has 7 heteroatoms. The van der Waals surface area contributed by atoms with Crippen molar-refractivity contribution in [2.45, 2.75) is 38.1 Å². The van der Waals surface area contributed by atoms with Gasteiger partial charge in [-0.25, -0.2) is 0 Å². The number of carbonyl (C=O) groups excluding carboxylic acids is 1. The van der Waals surface area contributed by atoms with Gasteiger partial charge >= 0.3 is 6.18 Å². The number of likely N-dealkylation sites (tertiary alicyclic amines) is 1. The highest BCUT2D eigenvalue weighted by Crippen LogP contribution is 2.40. The summed E-state index contributed by atoms with van der Waals surface area (Å²) in [5, 5.41) is 0. The molecule has 0 saturated carbocycles. The molecule has 2 N–H and O–H groups in total. The Balaban J connectivity index is 2.83. The molecule has 0 aromatic carbocycles. The van der Waals surface area contributed by atoms with Gasteiger partial charge in [0.25, 0.3) is 0 Å². The third-order valence-electron chi connectivity index (χ3n) is 2.87. The number of nitrogens with two attached hydrogens (primary N) is 1. The molecule has 0 radical (unpaired) electrons. The lowest BCUT2D eigenvalue weighted by Crippen LogP contribution is -2.51. The van der Waals surface area contributed by atoms with E-state index in [1.165, 1.54) is 13.8 Å². The van der Waals surface area contributed by atoms with Crippen molar-refractivity contribution in [1.82, 2.24) is 4.90 Å². The minimum absolute atomic E-state index is 0.0277. The van der Waals surface area contributed by atoms with E-state index < -0.39 is 30.3 Å². The molecule has 2 atom stereocenters. The summed E-state index contributed by atoms with van der Waals surface area (Å²) in [4.78, 5) is 12.7. The monoisotopic (exact) mass is 254 g/mol. The van der Waals surface area contributed by atoms with Crippen LogP contribution in [-0.4, -0.2) is 48.3 Å². The van der Waals surface area contributed by atoms with Gasteiger partial charge in [-0.05, 0) is 13.8 Å². The molecule has 0 bridgehead atoms. The van der Waals surface area contributed by atoms with Gasteiger partial charge in [-0.3, -0.25) is 4.79 Å². The molecule has 1 heterocycles. The van der Waals surface area contributed by atoms with E-state index in [1.54, 1.807) is 0 Å². The second-order valence-electron chi connectivity index (χ2n) is 4.22. The van der Waals surface area contributed by atoms with Crippen molar-refractivity contribution in [3.05, 3.63) is 0 Å². The maximum Gasteiger partial charge on any atom is 0.419 e. The van der Waals surface area contributed by atoms with E-state index in [9.17, 15) is 18.0 Å². The number of halogens is 3. The van der Waals surface area contributed by atoms with E-state index in [2.05, 4.69) is 0 Å². The van der Waals surface area contributed by atoms with Gasteiger partial charge in [0.05, 0.1) is 12.6 Å². The summed E-state index contributed by atoms with van der Waals surface area (Å²) in [6.45, 7) is 2.48. The largest absolute Gasteiger partial charge is 0.419 e. The van der Waals surface area contributed by atoms with Crippen molar-refractivity contribution in [2.75, 3.05) is 19.7 Å². The maximum absolute atomic E-state index is 12.9. The van der Waals surface area contributed by atoms with Crippen LogP contribution >= 0.6 is 0 Å². The van der Waals surface area contributed by atoms with Gasteiger partial charge in [0.1, 0.15) is 0 Å². The minimum Gasteiger partial charge on any atom is -0.364 e. The molecule has 0 aliphatic carbocycles. The summed E-state index contributed by atoms with van der Waals surface area (Å²) in [5.41, 5.74) is 3.14. The zero-order chi connectivity index (χ0) is 13.3. The highest BCUT2D eigenvalue weighted by atomic mass is 19.4. The van der Waals surface area contributed by atoms with Gasteiger partial charge in [-0.15, -0.1) is 0 Å². The summed E-state index contributed by atoms with van der Waals surface area (Å²) in [5.74, 6) is -0.476. The molecule has 4 nitrogen and oxygen atoms in total. The number of carbonyl (C=O) groups is 1. The Morgan fingerprint density at radius 3 is 2.59 bits per heavy atom. The van der Waals surface area contributed by atoms with Gasteiger partial charge < -0.3 is 15.4 Å². The molecule has 1 fully saturated rings. The summed E-state index contributed by atoms with van der Waals surface area (Å²) in [6, 6.07) is -0.791. The Morgan fingerprint density at radius 2 is 2.18 bits per heavy atom. The van der Waals surface area contributed by atoms with E-state index in [1.807, 2.05) is 0 Å². The van der Waals surface area contributed by atoms with Gasteiger partial charge in [0, 0.05) is 19.6 Å². The Bertz CT molecular complexity index is 294. The van der Waals surface area contributed by atoms with Gasteiger partial charge in [0.2, 0.25) is 5.91 Å². The maximum atomic E-state index is 12.9. The number of amides is 1. The zero-order valence-corrected chi connectivity index (χ0v) is 9.88. The Morgan fingerprint density at radius 1 is 1.59 bits per heavy atom. The van der Waals surface area contributed by atoms with Crippen molar-refractivity contribution in [1.29, 1.82) is 0 Å². The summed E-state index contributed by atoms with van der Waals surface area (Å²) in [7, 11) is 0. The van der Waals surface area contributed by atoms with E-state index in [0.29, 0.717) is 0 Å². The van der Waals surface area contributed by atoms with Crippen molar-refractivity contribution in [2.24, 2.45) is 5.73 Å². The average molecular weight is 254 g/mol. The van der Waals surface area contributed by atoms with Crippen LogP contribution in [0.25, 0.3) is 0 Å². The van der Waals surface area contributed by atoms with Crippen LogP contribution < -0.4 is 5.73 Å². The van der Waals surface area contributed by atoms with E-state index in [4.69, 9.17) is 10.5 Å². The topological polar surface area (TPSA) is 55.6 Å². The fourth-order valence-electron chi connectivity index (χ4n) is 1.97. The Kier molecular flexibility index (Phi) is 4.03. The van der Waals surface area contributed by atoms with Gasteiger partial charge in [0.15, 0.2) is 5.60 Å². The normalized spacial score (nSPS) is 27.3. The quantitative estimate of drug-likeness (QED) is 0.814. The Hall–Kier alpha value is -0.820. The highest BCUT2D eigenvalue weighted by molar-refractivity contribution is 5.81. The molecule has 1 aliphatic rings. The predicted octanol–water partition coefficient (Wildman–Crippen LogP) is 0.904. The summed E-state index contributed by atoms with van der Waals surface area (Å²) >= 11 is 0. The molecule has 1 amide bonds. The number of hydrogen-bond acceptors (Lipinski definition) is 3. The minimum atomic E-state index is -4.48. The molecular weight excluding hydrogens is 237 g/mol.